The van der Waals surface area contributed by atoms with E-state index in [-0.39, 0.29) is 5.97 Å². The third kappa shape index (κ3) is 4.11. The minimum atomic E-state index is -0.205. The Morgan fingerprint density at radius 1 is 1.60 bits per heavy atom. The molecule has 1 aliphatic rings. The van der Waals surface area contributed by atoms with Gasteiger partial charge in [-0.2, -0.15) is 0 Å². The van der Waals surface area contributed by atoms with Crippen molar-refractivity contribution in [3.05, 3.63) is 22.4 Å². The summed E-state index contributed by atoms with van der Waals surface area (Å²) >= 11 is 6.71. The zero-order valence-electron chi connectivity index (χ0n) is 8.63. The lowest BCUT2D eigenvalue weighted by Gasteiger charge is -2.05. The molecule has 0 N–H and O–H groups in total. The molecule has 0 amide bonds. The highest BCUT2D eigenvalue weighted by atomic mass is 79.9. The molecule has 1 unspecified atom stereocenters. The highest BCUT2D eigenvalue weighted by Gasteiger charge is 2.20. The fourth-order valence-electron chi connectivity index (χ4n) is 1.38. The van der Waals surface area contributed by atoms with Gasteiger partial charge in [0, 0.05) is 15.4 Å². The Kier molecular flexibility index (Phi) is 5.61. The molecular weight excluding hydrogens is 324 g/mol. The molecule has 0 radical (unpaired) electrons. The van der Waals surface area contributed by atoms with Gasteiger partial charge in [-0.05, 0) is 31.8 Å². The molecule has 0 aromatic carbocycles. The monoisotopic (exact) mass is 336 g/mol. The normalized spacial score (nSPS) is 20.3. The van der Waals surface area contributed by atoms with E-state index in [2.05, 4.69) is 38.8 Å². The van der Waals surface area contributed by atoms with E-state index in [9.17, 15) is 4.79 Å². The number of alkyl halides is 1. The van der Waals surface area contributed by atoms with Crippen molar-refractivity contribution in [1.29, 1.82) is 0 Å². The summed E-state index contributed by atoms with van der Waals surface area (Å²) in [4.78, 5) is 13.5. The molecule has 4 heteroatoms. The number of hydrogen-bond acceptors (Lipinski definition) is 2. The Balaban J connectivity index is 2.36. The van der Waals surface area contributed by atoms with E-state index < -0.39 is 0 Å². The molecule has 15 heavy (non-hydrogen) atoms. The van der Waals surface area contributed by atoms with Gasteiger partial charge in [0.05, 0.1) is 0 Å². The SMILES string of the molecule is CCC(Br)CCCC1=CC(=CBr)OC1=O. The van der Waals surface area contributed by atoms with Crippen LogP contribution in [0.25, 0.3) is 0 Å². The van der Waals surface area contributed by atoms with Crippen LogP contribution < -0.4 is 0 Å². The van der Waals surface area contributed by atoms with E-state index in [1.54, 1.807) is 11.1 Å². The third-order valence-corrected chi connectivity index (χ3v) is 3.86. The second-order valence-electron chi connectivity index (χ2n) is 3.47. The van der Waals surface area contributed by atoms with Crippen molar-refractivity contribution >= 4 is 37.8 Å². The summed E-state index contributed by atoms with van der Waals surface area (Å²) in [6.45, 7) is 2.15. The Labute approximate surface area is 107 Å². The topological polar surface area (TPSA) is 26.3 Å². The van der Waals surface area contributed by atoms with Crippen molar-refractivity contribution in [2.45, 2.75) is 37.4 Å². The van der Waals surface area contributed by atoms with Gasteiger partial charge in [0.25, 0.3) is 0 Å². The summed E-state index contributed by atoms with van der Waals surface area (Å²) in [6, 6.07) is 0. The van der Waals surface area contributed by atoms with Gasteiger partial charge in [0.2, 0.25) is 0 Å². The molecule has 0 fully saturated rings. The highest BCUT2D eigenvalue weighted by molar-refractivity contribution is 9.11. The van der Waals surface area contributed by atoms with Crippen molar-refractivity contribution in [1.82, 2.24) is 0 Å². The van der Waals surface area contributed by atoms with E-state index in [1.807, 2.05) is 0 Å². The molecule has 0 spiro atoms. The maximum absolute atomic E-state index is 11.3. The number of hydrogen-bond donors (Lipinski definition) is 0. The van der Waals surface area contributed by atoms with E-state index >= 15 is 0 Å². The van der Waals surface area contributed by atoms with Crippen LogP contribution in [0.3, 0.4) is 0 Å². The van der Waals surface area contributed by atoms with Crippen LogP contribution >= 0.6 is 31.9 Å². The van der Waals surface area contributed by atoms with Gasteiger partial charge in [-0.25, -0.2) is 4.79 Å². The van der Waals surface area contributed by atoms with Crippen molar-refractivity contribution in [3.63, 3.8) is 0 Å². The van der Waals surface area contributed by atoms with E-state index in [1.165, 1.54) is 0 Å². The average Bonchev–Trinajstić information content (AvgIpc) is 2.59. The molecule has 0 saturated heterocycles. The van der Waals surface area contributed by atoms with Crippen molar-refractivity contribution in [2.24, 2.45) is 0 Å². The van der Waals surface area contributed by atoms with E-state index in [0.717, 1.165) is 31.3 Å². The molecule has 0 aromatic heterocycles. The molecule has 0 aliphatic carbocycles. The quantitative estimate of drug-likeness (QED) is 0.558. The van der Waals surface area contributed by atoms with Crippen molar-refractivity contribution in [3.8, 4) is 0 Å². The van der Waals surface area contributed by atoms with Crippen LogP contribution in [0, 0.1) is 0 Å². The summed E-state index contributed by atoms with van der Waals surface area (Å²) in [5.41, 5.74) is 0.775. The number of allylic oxidation sites excluding steroid dienone is 1. The zero-order valence-corrected chi connectivity index (χ0v) is 11.8. The average molecular weight is 338 g/mol. The zero-order chi connectivity index (χ0) is 11.3. The first-order valence-electron chi connectivity index (χ1n) is 5.04. The summed E-state index contributed by atoms with van der Waals surface area (Å²) in [5, 5.41) is 0. The van der Waals surface area contributed by atoms with Crippen LogP contribution in [0.15, 0.2) is 22.4 Å². The van der Waals surface area contributed by atoms with Gasteiger partial charge in [0.1, 0.15) is 5.76 Å². The number of carbonyl (C=O) groups is 1. The van der Waals surface area contributed by atoms with Gasteiger partial charge < -0.3 is 4.74 Å². The summed E-state index contributed by atoms with van der Waals surface area (Å²) < 4.78 is 4.98. The number of ether oxygens (including phenoxy) is 1. The molecule has 1 aliphatic heterocycles. The van der Waals surface area contributed by atoms with Crippen LogP contribution in [0.4, 0.5) is 0 Å². The summed E-state index contributed by atoms with van der Waals surface area (Å²) in [6.07, 6.45) is 5.82. The summed E-state index contributed by atoms with van der Waals surface area (Å²) in [5.74, 6) is 0.393. The van der Waals surface area contributed by atoms with Gasteiger partial charge in [-0.3, -0.25) is 0 Å². The van der Waals surface area contributed by atoms with Crippen LogP contribution in [0.5, 0.6) is 0 Å². The molecular formula is C11H14Br2O2. The standard InChI is InChI=1S/C11H14Br2O2/c1-2-9(13)5-3-4-8-6-10(7-12)15-11(8)14/h6-7,9H,2-5H2,1H3. The lowest BCUT2D eigenvalue weighted by Crippen LogP contribution is -2.00. The largest absolute Gasteiger partial charge is 0.423 e. The van der Waals surface area contributed by atoms with Gasteiger partial charge >= 0.3 is 5.97 Å². The number of cyclic esters (lactones) is 1. The molecule has 1 heterocycles. The molecule has 0 saturated carbocycles. The van der Waals surface area contributed by atoms with Gasteiger partial charge in [-0.15, -0.1) is 0 Å². The number of rotatable bonds is 5. The molecule has 84 valence electrons. The highest BCUT2D eigenvalue weighted by Crippen LogP contribution is 2.23. The predicted octanol–water partition coefficient (Wildman–Crippen LogP) is 4.05. The first-order valence-corrected chi connectivity index (χ1v) is 6.87. The van der Waals surface area contributed by atoms with Crippen LogP contribution in [-0.4, -0.2) is 10.8 Å². The van der Waals surface area contributed by atoms with Crippen molar-refractivity contribution < 1.29 is 9.53 Å². The first kappa shape index (κ1) is 13.0. The van der Waals surface area contributed by atoms with Crippen LogP contribution in [0.2, 0.25) is 0 Å². The number of carbonyl (C=O) groups excluding carboxylic acids is 1. The minimum absolute atomic E-state index is 0.205. The van der Waals surface area contributed by atoms with E-state index in [4.69, 9.17) is 4.74 Å². The minimum Gasteiger partial charge on any atom is -0.423 e. The first-order chi connectivity index (χ1) is 7.17. The predicted molar refractivity (Wildman–Crippen MR) is 68.0 cm³/mol. The maximum Gasteiger partial charge on any atom is 0.339 e. The summed E-state index contributed by atoms with van der Waals surface area (Å²) in [7, 11) is 0. The third-order valence-electron chi connectivity index (χ3n) is 2.30. The number of halogens is 2. The Morgan fingerprint density at radius 2 is 2.33 bits per heavy atom. The fraction of sp³-hybridized carbons (Fsp3) is 0.545. The molecule has 2 nitrogen and oxygen atoms in total. The lowest BCUT2D eigenvalue weighted by atomic mass is 10.1. The molecule has 1 atom stereocenters. The second kappa shape index (κ2) is 6.48. The van der Waals surface area contributed by atoms with Gasteiger partial charge in [-0.1, -0.05) is 38.8 Å². The smallest absolute Gasteiger partial charge is 0.339 e. The Bertz CT molecular complexity index is 295. The van der Waals surface area contributed by atoms with Gasteiger partial charge in [0.15, 0.2) is 0 Å². The molecule has 0 bridgehead atoms. The second-order valence-corrected chi connectivity index (χ2v) is 5.22. The maximum atomic E-state index is 11.3. The number of esters is 1. The molecule has 1 rings (SSSR count). The van der Waals surface area contributed by atoms with Crippen LogP contribution in [-0.2, 0) is 9.53 Å². The Hall–Kier alpha value is -0.0900. The molecule has 0 aromatic rings. The fourth-order valence-corrected chi connectivity index (χ4v) is 1.93. The van der Waals surface area contributed by atoms with E-state index in [0.29, 0.717) is 10.6 Å². The Morgan fingerprint density at radius 3 is 2.87 bits per heavy atom. The van der Waals surface area contributed by atoms with Crippen LogP contribution in [0.1, 0.15) is 32.6 Å². The lowest BCUT2D eigenvalue weighted by molar-refractivity contribution is -0.133. The van der Waals surface area contributed by atoms with Crippen molar-refractivity contribution in [2.75, 3.05) is 0 Å².